The van der Waals surface area contributed by atoms with Gasteiger partial charge in [0.1, 0.15) is 48.8 Å². The summed E-state index contributed by atoms with van der Waals surface area (Å²) in [7, 11) is 0. The van der Waals surface area contributed by atoms with E-state index in [1.807, 2.05) is 243 Å². The number of benzene rings is 8. The molecule has 8 aromatic carbocycles. The Kier molecular flexibility index (Phi) is 19.4. The average molecular weight is 1140 g/mol. The van der Waals surface area contributed by atoms with E-state index in [1.54, 1.807) is 0 Å². The molecule has 17 nitrogen and oxygen atoms in total. The zero-order chi connectivity index (χ0) is 57.2. The molecular weight excluding hydrogens is 1070 g/mol. The van der Waals surface area contributed by atoms with Gasteiger partial charge >= 0.3 is 0 Å². The zero-order valence-corrected chi connectivity index (χ0v) is 46.8. The summed E-state index contributed by atoms with van der Waals surface area (Å²) in [6.07, 6.45) is -9.37. The highest BCUT2D eigenvalue weighted by molar-refractivity contribution is 5.53. The van der Waals surface area contributed by atoms with E-state index in [4.69, 9.17) is 52.8 Å². The van der Waals surface area contributed by atoms with E-state index in [0.717, 1.165) is 44.5 Å². The van der Waals surface area contributed by atoms with Crippen LogP contribution in [0.1, 0.15) is 33.4 Å². The van der Waals surface area contributed by atoms with Crippen LogP contribution in [0.3, 0.4) is 0 Å². The maximum absolute atomic E-state index is 7.51. The molecule has 0 amide bonds. The lowest BCUT2D eigenvalue weighted by Gasteiger charge is -2.49. The van der Waals surface area contributed by atoms with Gasteiger partial charge in [-0.1, -0.05) is 243 Å². The zero-order valence-electron chi connectivity index (χ0n) is 46.8. The van der Waals surface area contributed by atoms with Crippen LogP contribution in [-0.4, -0.2) is 102 Å². The molecule has 0 spiro atoms. The second-order valence-corrected chi connectivity index (χ2v) is 20.9. The van der Waals surface area contributed by atoms with Crippen LogP contribution in [-0.2, 0) is 95.4 Å². The van der Waals surface area contributed by atoms with Gasteiger partial charge in [0.25, 0.3) is 0 Å². The third-order valence-corrected chi connectivity index (χ3v) is 14.8. The molecule has 0 aliphatic carbocycles. The van der Waals surface area contributed by atoms with Gasteiger partial charge < -0.3 is 42.6 Å². The summed E-state index contributed by atoms with van der Waals surface area (Å²) in [6, 6.07) is 79.4. The van der Waals surface area contributed by atoms with Crippen LogP contribution in [0.5, 0.6) is 0 Å². The molecule has 2 aliphatic heterocycles. The molecule has 10 aromatic rings. The van der Waals surface area contributed by atoms with Crippen molar-refractivity contribution in [2.45, 2.75) is 114 Å². The number of ether oxygens (including phenoxy) is 9. The fourth-order valence-corrected chi connectivity index (χ4v) is 10.5. The molecule has 432 valence electrons. The van der Waals surface area contributed by atoms with Crippen molar-refractivity contribution in [2.75, 3.05) is 0 Å². The molecule has 0 unspecified atom stereocenters. The minimum Gasteiger partial charge on any atom is -0.368 e. The predicted octanol–water partition coefficient (Wildman–Crippen LogP) is 10.7. The lowest BCUT2D eigenvalue weighted by atomic mass is 9.96. The van der Waals surface area contributed by atoms with Crippen molar-refractivity contribution in [3.05, 3.63) is 276 Å². The van der Waals surface area contributed by atoms with Gasteiger partial charge in [-0.3, -0.25) is 0 Å². The highest BCUT2D eigenvalue weighted by Gasteiger charge is 2.55. The Hall–Kier alpha value is -8.46. The number of tetrazole rings is 2. The minimum atomic E-state index is -1.23. The summed E-state index contributed by atoms with van der Waals surface area (Å²) in [5.41, 5.74) is 7.28. The molecule has 17 heteroatoms. The second-order valence-electron chi connectivity index (χ2n) is 20.9. The molecule has 2 saturated heterocycles. The lowest BCUT2D eigenvalue weighted by molar-refractivity contribution is -0.393. The molecule has 4 heterocycles. The Balaban J connectivity index is 0.965. The first kappa shape index (κ1) is 57.0. The fraction of sp³-hybridized carbons (Fsp3) is 0.265. The van der Waals surface area contributed by atoms with Gasteiger partial charge in [0, 0.05) is 11.1 Å². The predicted molar refractivity (Wildman–Crippen MR) is 315 cm³/mol. The first-order valence-electron chi connectivity index (χ1n) is 28.7. The van der Waals surface area contributed by atoms with Crippen molar-refractivity contribution in [1.29, 1.82) is 0 Å². The average Bonchev–Trinajstić information content (AvgIpc) is 4.18. The maximum atomic E-state index is 7.51. The molecule has 2 aromatic heterocycles. The third kappa shape index (κ3) is 15.3. The van der Waals surface area contributed by atoms with Crippen molar-refractivity contribution >= 4 is 0 Å². The number of hydrogen-bond acceptors (Lipinski definition) is 15. The third-order valence-electron chi connectivity index (χ3n) is 14.8. The number of aromatic nitrogens is 8. The van der Waals surface area contributed by atoms with Gasteiger partial charge in [-0.2, -0.15) is 9.59 Å². The first-order chi connectivity index (χ1) is 42.1. The van der Waals surface area contributed by atoms with Crippen molar-refractivity contribution < 1.29 is 42.6 Å². The van der Waals surface area contributed by atoms with E-state index in [2.05, 4.69) is 20.6 Å². The van der Waals surface area contributed by atoms with Crippen molar-refractivity contribution in [2.24, 2.45) is 0 Å². The molecule has 2 aliphatic rings. The highest BCUT2D eigenvalue weighted by Crippen LogP contribution is 2.37. The fourth-order valence-electron chi connectivity index (χ4n) is 10.5. The van der Waals surface area contributed by atoms with Crippen LogP contribution in [0, 0.1) is 0 Å². The van der Waals surface area contributed by atoms with E-state index >= 15 is 0 Å². The summed E-state index contributed by atoms with van der Waals surface area (Å²) in [5.74, 6) is 0.908. The van der Waals surface area contributed by atoms with Crippen LogP contribution >= 0.6 is 0 Å². The topological polar surface area (TPSA) is 170 Å². The van der Waals surface area contributed by atoms with Crippen LogP contribution in [0.4, 0.5) is 0 Å². The van der Waals surface area contributed by atoms with E-state index in [-0.39, 0.29) is 52.7 Å². The molecule has 10 atom stereocenters. The van der Waals surface area contributed by atoms with E-state index in [1.165, 1.54) is 9.59 Å². The Morgan fingerprint density at radius 2 is 0.541 bits per heavy atom. The van der Waals surface area contributed by atoms with Gasteiger partial charge in [0.2, 0.25) is 11.6 Å². The summed E-state index contributed by atoms with van der Waals surface area (Å²) in [6.45, 7) is 1.36. The summed E-state index contributed by atoms with van der Waals surface area (Å²) >= 11 is 0. The molecule has 85 heavy (non-hydrogen) atoms. The summed E-state index contributed by atoms with van der Waals surface area (Å²) in [5, 5.41) is 27.8. The first-order valence-corrected chi connectivity index (χ1v) is 28.7. The van der Waals surface area contributed by atoms with Crippen LogP contribution in [0.25, 0.3) is 22.8 Å². The Morgan fingerprint density at radius 1 is 0.294 bits per heavy atom. The summed E-state index contributed by atoms with van der Waals surface area (Å²) < 4.78 is 65.1. The van der Waals surface area contributed by atoms with Crippen molar-refractivity contribution in [3.8, 4) is 22.8 Å². The Labute approximate surface area is 493 Å². The molecular formula is C68H66N8O9. The normalized spacial score (nSPS) is 22.3. The highest BCUT2D eigenvalue weighted by atomic mass is 16.8. The van der Waals surface area contributed by atoms with E-state index in [0.29, 0.717) is 11.6 Å². The monoisotopic (exact) mass is 1140 g/mol. The second kappa shape index (κ2) is 28.9. The Bertz CT molecular complexity index is 3290. The summed E-state index contributed by atoms with van der Waals surface area (Å²) in [4.78, 5) is 3.05. The number of hydrogen-bond donors (Lipinski definition) is 0. The largest absolute Gasteiger partial charge is 0.368 e. The van der Waals surface area contributed by atoms with Crippen molar-refractivity contribution in [1.82, 2.24) is 40.4 Å². The standard InChI is InChI=1S/C68H66N8O9/c1-9-25-49(26-10-1)43-77-59-57(41-75-71-65(69-73-75)55-37-21-7-22-38-55)83-67(63(81-47-53-33-17-5-18-34-53)61(59)79-45-51-29-13-3-14-30-51)85-68-64(82-48-54-35-19-6-20-36-54)62(80-46-52-31-15-4-16-32-52)60(78-44-50-27-11-2-12-28-50)58(84-68)42-76-72-66(70-74-76)56-39-23-8-24-40-56/h1-40,57-64,67-68H,41-48H2/t57-,58-,59-,60-,61+,62+,63-,64-,67-,68-/m1/s1. The molecule has 0 N–H and O–H groups in total. The quantitative estimate of drug-likeness (QED) is 0.0501. The lowest BCUT2D eigenvalue weighted by Crippen LogP contribution is -2.65. The number of nitrogens with zero attached hydrogens (tertiary/aromatic N) is 8. The number of rotatable bonds is 26. The van der Waals surface area contributed by atoms with Crippen LogP contribution in [0.2, 0.25) is 0 Å². The van der Waals surface area contributed by atoms with E-state index < -0.39 is 61.4 Å². The minimum absolute atomic E-state index is 0.0811. The van der Waals surface area contributed by atoms with Crippen LogP contribution in [0.15, 0.2) is 243 Å². The molecule has 2 fully saturated rings. The van der Waals surface area contributed by atoms with Gasteiger partial charge in [-0.05, 0) is 43.8 Å². The van der Waals surface area contributed by atoms with Crippen LogP contribution < -0.4 is 0 Å². The van der Waals surface area contributed by atoms with Gasteiger partial charge in [-0.15, -0.1) is 20.4 Å². The van der Waals surface area contributed by atoms with Gasteiger partial charge in [-0.25, -0.2) is 0 Å². The molecule has 0 saturated carbocycles. The van der Waals surface area contributed by atoms with Crippen molar-refractivity contribution in [3.63, 3.8) is 0 Å². The smallest absolute Gasteiger partial charge is 0.204 e. The van der Waals surface area contributed by atoms with Gasteiger partial charge in [0.15, 0.2) is 12.6 Å². The SMILES string of the molecule is c1ccc(CO[C@@H]2[C@@H](OCc3ccccc3)[C@@H](O[C@H]3O[C@H](Cn4nnc(-c5ccccc5)n4)[C@@H](OCc4ccccc4)[C@H](OCc4ccccc4)[C@H]3OCc3ccccc3)O[C@H](Cn3nnc(-c4ccccc4)n3)[C@H]2OCc2ccccc2)cc1. The Morgan fingerprint density at radius 3 is 0.824 bits per heavy atom. The molecule has 0 bridgehead atoms. The van der Waals surface area contributed by atoms with Gasteiger partial charge in [0.05, 0.1) is 52.7 Å². The molecule has 0 radical (unpaired) electrons. The molecule has 12 rings (SSSR count). The maximum Gasteiger partial charge on any atom is 0.204 e. The van der Waals surface area contributed by atoms with E-state index in [9.17, 15) is 0 Å².